The summed E-state index contributed by atoms with van der Waals surface area (Å²) in [6, 6.07) is 0. The summed E-state index contributed by atoms with van der Waals surface area (Å²) in [5.41, 5.74) is -1.51. The minimum absolute atomic E-state index is 0. The number of rotatable bonds is 7. The molecule has 12 N–H and O–H groups in total. The summed E-state index contributed by atoms with van der Waals surface area (Å²) in [7, 11) is 0. The van der Waals surface area contributed by atoms with Crippen molar-refractivity contribution in [2.24, 2.45) is 50.2 Å². The van der Waals surface area contributed by atoms with E-state index in [2.05, 4.69) is 41.5 Å². The zero-order chi connectivity index (χ0) is 41.1. The predicted octanol–water partition coefficient (Wildman–Crippen LogP) is -5.54. The summed E-state index contributed by atoms with van der Waals surface area (Å²) in [5.74, 6) is -0.998. The fraction of sp³-hybridized carbons (Fsp3) is 0.857. The van der Waals surface area contributed by atoms with Gasteiger partial charge in [-0.3, -0.25) is 9.59 Å². The first-order chi connectivity index (χ1) is 26.0. The minimum atomic E-state index is -1.87. The van der Waals surface area contributed by atoms with Gasteiger partial charge in [0.1, 0.15) is 24.4 Å². The van der Waals surface area contributed by atoms with Crippen LogP contribution in [-0.2, 0) is 49.1 Å². The van der Waals surface area contributed by atoms with Crippen molar-refractivity contribution in [3.63, 3.8) is 0 Å². The van der Waals surface area contributed by atoms with Gasteiger partial charge in [-0.1, -0.05) is 47.1 Å². The maximum atomic E-state index is 14.8. The number of carbonyl (C=O) groups is 2. The normalized spacial score (nSPS) is 50.4. The summed E-state index contributed by atoms with van der Waals surface area (Å²) >= 11 is 0. The number of hydrogen-bond acceptors (Lipinski definition) is 13. The number of allylic oxidation sites excluding steroid dienone is 2. The molecule has 19 atom stereocenters. The van der Waals surface area contributed by atoms with Crippen LogP contribution in [0.1, 0.15) is 106 Å². The third-order valence-electron chi connectivity index (χ3n) is 17.0. The average molecular weight is 905 g/mol. The van der Waals surface area contributed by atoms with Crippen molar-refractivity contribution in [3.8, 4) is 0 Å². The average Bonchev–Trinajstić information content (AvgIpc) is 3.13. The van der Waals surface area contributed by atoms with Gasteiger partial charge < -0.3 is 70.1 Å². The van der Waals surface area contributed by atoms with E-state index in [0.29, 0.717) is 25.7 Å². The number of fused-ring (bicyclic) bond motifs is 7. The first kappa shape index (κ1) is 55.4. The topological polar surface area (TPSA) is 293 Å². The Kier molecular flexibility index (Phi) is 17.9. The first-order valence-corrected chi connectivity index (χ1v) is 20.3. The van der Waals surface area contributed by atoms with Gasteiger partial charge in [0.15, 0.2) is 18.4 Å². The van der Waals surface area contributed by atoms with Crippen LogP contribution in [0.5, 0.6) is 0 Å². The second-order valence-electron chi connectivity index (χ2n) is 20.2. The number of ether oxygens (including phenoxy) is 4. The molecule has 0 unspecified atom stereocenters. The van der Waals surface area contributed by atoms with Crippen molar-refractivity contribution in [3.05, 3.63) is 11.6 Å². The molecule has 18 heteroatoms. The number of aliphatic carboxylic acids is 1. The molecule has 0 bridgehead atoms. The Morgan fingerprint density at radius 3 is 1.88 bits per heavy atom. The van der Waals surface area contributed by atoms with Gasteiger partial charge in [-0.15, -0.1) is 0 Å². The van der Waals surface area contributed by atoms with Crippen molar-refractivity contribution < 1.29 is 182 Å². The number of aliphatic hydroxyl groups is 5. The van der Waals surface area contributed by atoms with Crippen LogP contribution in [0.15, 0.2) is 11.6 Å². The third kappa shape index (κ3) is 8.50. The van der Waals surface area contributed by atoms with Gasteiger partial charge in [-0.25, -0.2) is 12.6 Å². The van der Waals surface area contributed by atoms with E-state index in [4.69, 9.17) is 18.9 Å². The molecule has 2 heterocycles. The number of hydrogen-bond donors (Lipinski definition) is 6. The molecule has 2 aliphatic heterocycles. The molecule has 0 aromatic carbocycles. The number of carboxylic acids is 1. The summed E-state index contributed by atoms with van der Waals surface area (Å²) in [4.78, 5) is 50.6. The maximum Gasteiger partial charge on any atom is 1.00 e. The quantitative estimate of drug-likeness (QED) is 0.0602. The van der Waals surface area contributed by atoms with E-state index in [1.54, 1.807) is 6.29 Å². The number of carboxylic acid groups (broad SMARTS) is 1. The van der Waals surface area contributed by atoms with Crippen LogP contribution in [0.4, 0.5) is 0 Å². The van der Waals surface area contributed by atoms with Crippen molar-refractivity contribution >= 4 is 24.3 Å². The van der Waals surface area contributed by atoms with Gasteiger partial charge in [-0.05, 0) is 122 Å². The van der Waals surface area contributed by atoms with Crippen LogP contribution in [-0.4, -0.2) is 122 Å². The van der Waals surface area contributed by atoms with Crippen molar-refractivity contribution in [1.82, 2.24) is 0 Å². The summed E-state index contributed by atoms with van der Waals surface area (Å²) in [6.45, 7) is 15.1. The predicted molar refractivity (Wildman–Crippen MR) is 205 cm³/mol. The monoisotopic (exact) mass is 904 g/mol. The van der Waals surface area contributed by atoms with Crippen molar-refractivity contribution in [1.29, 1.82) is 0 Å². The summed E-state index contributed by atoms with van der Waals surface area (Å²) in [6.07, 6.45) is -6.49. The molecular formula is C42H66K2O16+2. The Morgan fingerprint density at radius 2 is 1.30 bits per heavy atom. The largest absolute Gasteiger partial charge is 1.00 e. The number of aliphatic hydroxyl groups excluding tert-OH is 5. The Balaban J connectivity index is 0.00000240. The van der Waals surface area contributed by atoms with Gasteiger partial charge >= 0.3 is 109 Å². The van der Waals surface area contributed by atoms with Crippen molar-refractivity contribution in [2.75, 3.05) is 0 Å². The molecule has 2 saturated heterocycles. The maximum absolute atomic E-state index is 14.8. The van der Waals surface area contributed by atoms with E-state index in [0.717, 1.165) is 37.7 Å². The SMILES string of the molecule is CC1(C)[C@@H](O[C@H]2O[C@H]([C-]=O)[C@@H](O)[C@H](O)[C@H]2O[C@H]2O[C@@H]([C-]=O)[C@H](O)[C@@H](O)[C@@H]2O)CC[C@]2(C)[C@H]3C(=O)C=C4[C@@H]5C[C@@](C)(C(=O)O)CC[C@]5(C)CC[C@@]4(C)[C@]3(C)CC[C@@H]12.[K+].[K+].[OH3+].[OH3+]. The molecule has 4 saturated carbocycles. The van der Waals surface area contributed by atoms with E-state index >= 15 is 0 Å². The molecule has 6 fully saturated rings. The van der Waals surface area contributed by atoms with Gasteiger partial charge in [-0.2, -0.15) is 0 Å². The first-order valence-electron chi connectivity index (χ1n) is 20.3. The van der Waals surface area contributed by atoms with Crippen molar-refractivity contribution in [2.45, 2.75) is 174 Å². The molecule has 7 rings (SSSR count). The van der Waals surface area contributed by atoms with E-state index in [1.807, 2.05) is 13.0 Å². The van der Waals surface area contributed by atoms with Crippen LogP contribution < -0.4 is 103 Å². The smallest absolute Gasteiger partial charge is 0.539 e. The van der Waals surface area contributed by atoms with Crippen LogP contribution in [0.3, 0.4) is 0 Å². The Morgan fingerprint density at radius 1 is 0.733 bits per heavy atom. The van der Waals surface area contributed by atoms with Crippen LogP contribution in [0, 0.1) is 50.2 Å². The molecule has 60 heavy (non-hydrogen) atoms. The fourth-order valence-electron chi connectivity index (χ4n) is 13.2. The Bertz CT molecular complexity index is 1650. The molecular weight excluding hydrogens is 839 g/mol. The minimum Gasteiger partial charge on any atom is -0.539 e. The molecule has 0 amide bonds. The fourth-order valence-corrected chi connectivity index (χ4v) is 13.2. The number of carbonyl (C=O) groups excluding carboxylic acids is 3. The third-order valence-corrected chi connectivity index (χ3v) is 17.0. The molecule has 0 aromatic rings. The summed E-state index contributed by atoms with van der Waals surface area (Å²) in [5, 5.41) is 63.3. The van der Waals surface area contributed by atoms with Gasteiger partial charge in [0.25, 0.3) is 0 Å². The second kappa shape index (κ2) is 19.3. The molecule has 16 nitrogen and oxygen atoms in total. The molecule has 0 aromatic heterocycles. The second-order valence-corrected chi connectivity index (χ2v) is 20.2. The molecule has 0 spiro atoms. The number of ketones is 1. The Hall–Kier alpha value is 1.05. The molecule has 5 aliphatic carbocycles. The van der Waals surface area contributed by atoms with Gasteiger partial charge in [0, 0.05) is 5.92 Å². The standard InChI is InChI=1S/C42H60O14.2K.2H2O/c1-37(2)25-8-11-42(7)33(22(45)16-20-21-17-39(4,36(51)52)13-12-38(21,3)14-15-41(20,42)6)40(25,5)10-9-26(37)55-35-32(30(49)28(47)24(19-44)54-35)56-34-31(50)29(48)27(46)23(18-43)53-34;;;;/h16,21,23-35,46-50H,8-15,17H2,1-7H3,(H,51,52);;;2*1H2/q-2;2*+1;;/p+2/t21-,23-,24+,25-,26-,27-,28+,29+,30-,31-,32+,33+,34+,35+,38+,39-,40-,41+,42+;;;;/m0..../s1. The Labute approximate surface area is 437 Å². The molecule has 7 aliphatic rings. The zero-order valence-corrected chi connectivity index (χ0v) is 42.9. The van der Waals surface area contributed by atoms with Gasteiger partial charge in [0.2, 0.25) is 0 Å². The summed E-state index contributed by atoms with van der Waals surface area (Å²) < 4.78 is 23.7. The van der Waals surface area contributed by atoms with E-state index in [9.17, 15) is 49.8 Å². The van der Waals surface area contributed by atoms with E-state index in [-0.39, 0.29) is 154 Å². The zero-order valence-electron chi connectivity index (χ0n) is 36.6. The van der Waals surface area contributed by atoms with Gasteiger partial charge in [0.05, 0.1) is 23.7 Å². The van der Waals surface area contributed by atoms with E-state index < -0.39 is 89.7 Å². The van der Waals surface area contributed by atoms with Crippen LogP contribution >= 0.6 is 0 Å². The molecule has 0 radical (unpaired) electrons. The van der Waals surface area contributed by atoms with Crippen LogP contribution in [0.2, 0.25) is 0 Å². The molecule has 330 valence electrons. The van der Waals surface area contributed by atoms with E-state index in [1.165, 1.54) is 6.29 Å². The van der Waals surface area contributed by atoms with Crippen LogP contribution in [0.25, 0.3) is 0 Å².